The van der Waals surface area contributed by atoms with Crippen molar-refractivity contribution >= 4 is 21.9 Å². The van der Waals surface area contributed by atoms with Gasteiger partial charge in [0.25, 0.3) is 0 Å². The first-order valence-corrected chi connectivity index (χ1v) is 10.4. The van der Waals surface area contributed by atoms with Gasteiger partial charge in [-0.3, -0.25) is 9.89 Å². The predicted molar refractivity (Wildman–Crippen MR) is 117 cm³/mol. The summed E-state index contributed by atoms with van der Waals surface area (Å²) in [5, 5.41) is 3.46. The molecule has 0 radical (unpaired) electrons. The maximum Gasteiger partial charge on any atom is 0.194 e. The van der Waals surface area contributed by atoms with Crippen LogP contribution in [0.2, 0.25) is 0 Å². The van der Waals surface area contributed by atoms with Crippen LogP contribution < -0.4 is 5.32 Å². The normalized spacial score (nSPS) is 15.6. The number of aromatic nitrogens is 1. The van der Waals surface area contributed by atoms with Gasteiger partial charge in [0.05, 0.1) is 19.8 Å². The molecule has 1 N–H and O–H groups in total. The van der Waals surface area contributed by atoms with E-state index in [-0.39, 0.29) is 0 Å². The number of nitrogens with zero attached hydrogens (tertiary/aromatic N) is 4. The highest BCUT2D eigenvalue weighted by molar-refractivity contribution is 9.10. The van der Waals surface area contributed by atoms with Gasteiger partial charge in [0, 0.05) is 63.7 Å². The van der Waals surface area contributed by atoms with Crippen LogP contribution in [0.4, 0.5) is 0 Å². The van der Waals surface area contributed by atoms with Gasteiger partial charge in [-0.1, -0.05) is 24.3 Å². The first kappa shape index (κ1) is 20.9. The lowest BCUT2D eigenvalue weighted by atomic mass is 10.1. The number of hydrogen-bond donors (Lipinski definition) is 1. The fourth-order valence-electron chi connectivity index (χ4n) is 3.39. The molecular weight excluding hydrogens is 418 g/mol. The average molecular weight is 448 g/mol. The van der Waals surface area contributed by atoms with Crippen molar-refractivity contribution in [2.75, 3.05) is 40.4 Å². The minimum Gasteiger partial charge on any atom is -0.379 e. The van der Waals surface area contributed by atoms with E-state index in [1.54, 1.807) is 0 Å². The molecule has 0 atom stereocenters. The van der Waals surface area contributed by atoms with Gasteiger partial charge in [0.15, 0.2) is 5.96 Å². The zero-order valence-electron chi connectivity index (χ0n) is 17.0. The molecule has 1 aliphatic heterocycles. The van der Waals surface area contributed by atoms with Gasteiger partial charge in [-0.05, 0) is 33.1 Å². The number of hydrogen-bond acceptors (Lipinski definition) is 3. The third kappa shape index (κ3) is 5.83. The summed E-state index contributed by atoms with van der Waals surface area (Å²) in [4.78, 5) is 9.00. The van der Waals surface area contributed by atoms with Crippen molar-refractivity contribution in [3.8, 4) is 0 Å². The number of halogens is 1. The molecule has 1 fully saturated rings. The maximum absolute atomic E-state index is 5.42. The van der Waals surface area contributed by atoms with Crippen LogP contribution in [0.1, 0.15) is 16.8 Å². The van der Waals surface area contributed by atoms with Crippen LogP contribution in [0.25, 0.3) is 0 Å². The first-order valence-electron chi connectivity index (χ1n) is 9.65. The molecule has 0 amide bonds. The molecule has 1 saturated heterocycles. The van der Waals surface area contributed by atoms with E-state index in [0.717, 1.165) is 56.4 Å². The number of guanidine groups is 1. The molecule has 1 aliphatic rings. The van der Waals surface area contributed by atoms with E-state index in [0.29, 0.717) is 0 Å². The molecule has 0 saturated carbocycles. The third-order valence-electron chi connectivity index (χ3n) is 5.03. The summed E-state index contributed by atoms with van der Waals surface area (Å²) in [5.41, 5.74) is 3.83. The molecule has 7 heteroatoms. The Morgan fingerprint density at radius 1 is 1.21 bits per heavy atom. The number of aliphatic imine (C=N–C) groups is 1. The third-order valence-corrected chi connectivity index (χ3v) is 5.46. The predicted octanol–water partition coefficient (Wildman–Crippen LogP) is 2.83. The van der Waals surface area contributed by atoms with Gasteiger partial charge in [-0.25, -0.2) is 0 Å². The van der Waals surface area contributed by atoms with Crippen molar-refractivity contribution in [1.82, 2.24) is 19.7 Å². The molecule has 2 aromatic rings. The van der Waals surface area contributed by atoms with Crippen molar-refractivity contribution in [3.63, 3.8) is 0 Å². The Bertz CT molecular complexity index is 781. The van der Waals surface area contributed by atoms with Gasteiger partial charge in [0.2, 0.25) is 0 Å². The van der Waals surface area contributed by atoms with Crippen LogP contribution in [0.5, 0.6) is 0 Å². The molecular formula is C21H30BrN5O. The summed E-state index contributed by atoms with van der Waals surface area (Å²) in [7, 11) is 5.94. The summed E-state index contributed by atoms with van der Waals surface area (Å²) in [5.74, 6) is 0.884. The smallest absolute Gasteiger partial charge is 0.194 e. The lowest BCUT2D eigenvalue weighted by Crippen LogP contribution is -2.38. The first-order chi connectivity index (χ1) is 13.5. The highest BCUT2D eigenvalue weighted by atomic mass is 79.9. The summed E-state index contributed by atoms with van der Waals surface area (Å²) in [6, 6.07) is 11.0. The Hall–Kier alpha value is -1.83. The Balaban J connectivity index is 1.50. The van der Waals surface area contributed by atoms with Gasteiger partial charge in [-0.15, -0.1) is 0 Å². The van der Waals surface area contributed by atoms with Crippen molar-refractivity contribution in [2.45, 2.75) is 19.6 Å². The molecule has 152 valence electrons. The number of morpholine rings is 1. The van der Waals surface area contributed by atoms with E-state index in [9.17, 15) is 0 Å². The summed E-state index contributed by atoms with van der Waals surface area (Å²) < 4.78 is 8.64. The second-order valence-electron chi connectivity index (χ2n) is 7.22. The summed E-state index contributed by atoms with van der Waals surface area (Å²) in [6.07, 6.45) is 2.07. The van der Waals surface area contributed by atoms with Crippen molar-refractivity contribution in [2.24, 2.45) is 12.0 Å². The molecule has 0 bridgehead atoms. The zero-order valence-corrected chi connectivity index (χ0v) is 18.6. The Kier molecular flexibility index (Phi) is 7.53. The minimum atomic E-state index is 0.756. The maximum atomic E-state index is 5.42. The standard InChI is InChI=1S/C21H30BrN5O/c1-23-21(26(3)16-20-12-19(22)15-25(20)2)24-13-17-4-6-18(7-5-17)14-27-8-10-28-11-9-27/h4-7,12,15H,8-11,13-14,16H2,1-3H3,(H,23,24). The number of nitrogens with one attached hydrogen (secondary N) is 1. The molecule has 0 unspecified atom stereocenters. The minimum absolute atomic E-state index is 0.756. The molecule has 1 aromatic heterocycles. The largest absolute Gasteiger partial charge is 0.379 e. The van der Waals surface area contributed by atoms with Gasteiger partial charge < -0.3 is 19.5 Å². The van der Waals surface area contributed by atoms with Crippen LogP contribution in [0, 0.1) is 0 Å². The van der Waals surface area contributed by atoms with Gasteiger partial charge in [-0.2, -0.15) is 0 Å². The highest BCUT2D eigenvalue weighted by Gasteiger charge is 2.11. The van der Waals surface area contributed by atoms with Crippen molar-refractivity contribution in [1.29, 1.82) is 0 Å². The molecule has 28 heavy (non-hydrogen) atoms. The average Bonchev–Trinajstić information content (AvgIpc) is 3.01. The van der Waals surface area contributed by atoms with Crippen LogP contribution in [-0.4, -0.2) is 60.7 Å². The number of rotatable bonds is 6. The number of ether oxygens (including phenoxy) is 1. The zero-order chi connectivity index (χ0) is 19.9. The second-order valence-corrected chi connectivity index (χ2v) is 8.14. The second kappa shape index (κ2) is 10.1. The van der Waals surface area contributed by atoms with E-state index in [4.69, 9.17) is 4.74 Å². The van der Waals surface area contributed by atoms with Crippen LogP contribution in [0.3, 0.4) is 0 Å². The molecule has 0 aliphatic carbocycles. The van der Waals surface area contributed by atoms with Gasteiger partial charge >= 0.3 is 0 Å². The summed E-state index contributed by atoms with van der Waals surface area (Å²) >= 11 is 3.53. The molecule has 6 nitrogen and oxygen atoms in total. The van der Waals surface area contributed by atoms with E-state index in [1.165, 1.54) is 16.8 Å². The fraction of sp³-hybridized carbons (Fsp3) is 0.476. The Morgan fingerprint density at radius 2 is 1.89 bits per heavy atom. The van der Waals surface area contributed by atoms with Crippen LogP contribution >= 0.6 is 15.9 Å². The fourth-order valence-corrected chi connectivity index (χ4v) is 3.96. The van der Waals surface area contributed by atoms with E-state index in [2.05, 4.69) is 91.2 Å². The van der Waals surface area contributed by atoms with E-state index >= 15 is 0 Å². The topological polar surface area (TPSA) is 45.0 Å². The van der Waals surface area contributed by atoms with Crippen LogP contribution in [-0.2, 0) is 31.4 Å². The molecule has 1 aromatic carbocycles. The molecule has 2 heterocycles. The number of aryl methyl sites for hydroxylation is 1. The lowest BCUT2D eigenvalue weighted by Gasteiger charge is -2.26. The summed E-state index contributed by atoms with van der Waals surface area (Å²) in [6.45, 7) is 6.26. The highest BCUT2D eigenvalue weighted by Crippen LogP contribution is 2.15. The quantitative estimate of drug-likeness (QED) is 0.546. The molecule has 3 rings (SSSR count). The molecule has 0 spiro atoms. The van der Waals surface area contributed by atoms with Gasteiger partial charge in [0.1, 0.15) is 0 Å². The van der Waals surface area contributed by atoms with Crippen molar-refractivity contribution < 1.29 is 4.74 Å². The van der Waals surface area contributed by atoms with E-state index in [1.807, 2.05) is 7.05 Å². The number of benzene rings is 1. The van der Waals surface area contributed by atoms with E-state index < -0.39 is 0 Å². The van der Waals surface area contributed by atoms with Crippen molar-refractivity contribution in [3.05, 3.63) is 57.8 Å². The lowest BCUT2D eigenvalue weighted by molar-refractivity contribution is 0.0342. The Labute approximate surface area is 176 Å². The van der Waals surface area contributed by atoms with Crippen LogP contribution in [0.15, 0.2) is 46.0 Å². The monoisotopic (exact) mass is 447 g/mol. The SMILES string of the molecule is CN=C(NCc1ccc(CN2CCOCC2)cc1)N(C)Cc1cc(Br)cn1C. The Morgan fingerprint density at radius 3 is 2.50 bits per heavy atom.